The summed E-state index contributed by atoms with van der Waals surface area (Å²) in [7, 11) is 2.17. The molecular formula is C18H23N3O2. The first-order chi connectivity index (χ1) is 11.1. The van der Waals surface area contributed by atoms with Gasteiger partial charge >= 0.3 is 0 Å². The highest BCUT2D eigenvalue weighted by molar-refractivity contribution is 5.95. The number of hydrogen-bond acceptors (Lipinski definition) is 4. The Bertz CT molecular complexity index is 739. The lowest BCUT2D eigenvalue weighted by molar-refractivity contribution is 0.0635. The zero-order chi connectivity index (χ0) is 16.0. The van der Waals surface area contributed by atoms with E-state index in [-0.39, 0.29) is 5.91 Å². The molecule has 2 aliphatic heterocycles. The Morgan fingerprint density at radius 1 is 1.22 bits per heavy atom. The maximum atomic E-state index is 13.0. The molecule has 0 aromatic carbocycles. The van der Waals surface area contributed by atoms with Gasteiger partial charge in [-0.25, -0.2) is 4.98 Å². The molecule has 0 aliphatic carbocycles. The molecule has 1 amide bonds. The van der Waals surface area contributed by atoms with Crippen LogP contribution >= 0.6 is 0 Å². The number of aromatic nitrogens is 1. The molecule has 0 N–H and O–H groups in total. The summed E-state index contributed by atoms with van der Waals surface area (Å²) < 4.78 is 5.77. The zero-order valence-corrected chi connectivity index (χ0v) is 13.8. The van der Waals surface area contributed by atoms with Gasteiger partial charge in [0, 0.05) is 30.4 Å². The van der Waals surface area contributed by atoms with Crippen LogP contribution in [0.25, 0.3) is 11.1 Å². The molecule has 0 unspecified atom stereocenters. The van der Waals surface area contributed by atoms with Gasteiger partial charge in [0.05, 0.1) is 0 Å². The first-order valence-electron chi connectivity index (χ1n) is 8.52. The number of amides is 1. The molecule has 0 radical (unpaired) electrons. The third kappa shape index (κ3) is 2.53. The number of carbonyl (C=O) groups is 1. The van der Waals surface area contributed by atoms with Gasteiger partial charge in [0.25, 0.3) is 5.91 Å². The second-order valence-corrected chi connectivity index (χ2v) is 6.84. The smallest absolute Gasteiger partial charge is 0.289 e. The van der Waals surface area contributed by atoms with E-state index in [1.165, 1.54) is 12.8 Å². The number of nitrogens with zero attached hydrogens (tertiary/aromatic N) is 3. The summed E-state index contributed by atoms with van der Waals surface area (Å²) in [4.78, 5) is 21.8. The molecule has 2 aromatic rings. The van der Waals surface area contributed by atoms with Gasteiger partial charge in [0.2, 0.25) is 0 Å². The van der Waals surface area contributed by atoms with E-state index in [2.05, 4.69) is 16.9 Å². The summed E-state index contributed by atoms with van der Waals surface area (Å²) in [6.07, 6.45) is 4.59. The van der Waals surface area contributed by atoms with Crippen molar-refractivity contribution < 1.29 is 9.21 Å². The number of hydrogen-bond donors (Lipinski definition) is 0. The van der Waals surface area contributed by atoms with E-state index in [0.717, 1.165) is 37.1 Å². The van der Waals surface area contributed by atoms with E-state index in [0.29, 0.717) is 23.4 Å². The Kier molecular flexibility index (Phi) is 3.60. The Labute approximate surface area is 136 Å². The van der Waals surface area contributed by atoms with Crippen LogP contribution in [-0.2, 0) is 0 Å². The van der Waals surface area contributed by atoms with E-state index in [1.54, 1.807) is 6.07 Å². The number of rotatable bonds is 2. The molecule has 2 aromatic heterocycles. The van der Waals surface area contributed by atoms with Gasteiger partial charge in [0.15, 0.2) is 11.3 Å². The number of carbonyl (C=O) groups excluding carboxylic acids is 1. The van der Waals surface area contributed by atoms with Crippen LogP contribution in [0.15, 0.2) is 22.6 Å². The number of pyridine rings is 1. The van der Waals surface area contributed by atoms with E-state index < -0.39 is 0 Å². The van der Waals surface area contributed by atoms with Crippen LogP contribution in [0.5, 0.6) is 0 Å². The van der Waals surface area contributed by atoms with E-state index in [1.807, 2.05) is 24.0 Å². The first-order valence-corrected chi connectivity index (χ1v) is 8.52. The van der Waals surface area contributed by atoms with Crippen molar-refractivity contribution in [1.82, 2.24) is 14.8 Å². The van der Waals surface area contributed by atoms with Gasteiger partial charge in [-0.15, -0.1) is 0 Å². The number of aryl methyl sites for hydroxylation is 1. The fourth-order valence-corrected chi connectivity index (χ4v) is 4.14. The van der Waals surface area contributed by atoms with E-state index >= 15 is 0 Å². The lowest BCUT2D eigenvalue weighted by atomic mass is 10.0. The Hall–Kier alpha value is -1.88. The third-order valence-corrected chi connectivity index (χ3v) is 5.30. The summed E-state index contributed by atoms with van der Waals surface area (Å²) in [6.45, 7) is 3.91. The largest absolute Gasteiger partial charge is 0.449 e. The average molecular weight is 313 g/mol. The van der Waals surface area contributed by atoms with Crippen LogP contribution in [0.4, 0.5) is 0 Å². The summed E-state index contributed by atoms with van der Waals surface area (Å²) in [5, 5.41) is 0. The van der Waals surface area contributed by atoms with Crippen LogP contribution in [0.2, 0.25) is 0 Å². The quantitative estimate of drug-likeness (QED) is 0.855. The fraction of sp³-hybridized carbons (Fsp3) is 0.556. The molecule has 0 saturated carbocycles. The average Bonchev–Trinajstić information content (AvgIpc) is 3.23. The highest BCUT2D eigenvalue weighted by atomic mass is 16.3. The molecular weight excluding hydrogens is 290 g/mol. The Morgan fingerprint density at radius 2 is 2.00 bits per heavy atom. The van der Waals surface area contributed by atoms with Crippen LogP contribution in [-0.4, -0.2) is 52.9 Å². The number of likely N-dealkylation sites (tertiary alicyclic amines) is 2. The van der Waals surface area contributed by atoms with Gasteiger partial charge in [-0.05, 0) is 58.3 Å². The van der Waals surface area contributed by atoms with Crippen molar-refractivity contribution >= 4 is 17.0 Å². The molecule has 2 fully saturated rings. The molecule has 2 aliphatic rings. The van der Waals surface area contributed by atoms with Crippen molar-refractivity contribution in [3.63, 3.8) is 0 Å². The topological polar surface area (TPSA) is 49.6 Å². The van der Waals surface area contributed by atoms with Crippen LogP contribution in [0.1, 0.15) is 41.9 Å². The molecule has 2 atom stereocenters. The number of likely N-dealkylation sites (N-methyl/N-ethyl adjacent to an activating group) is 1. The highest BCUT2D eigenvalue weighted by Crippen LogP contribution is 2.31. The van der Waals surface area contributed by atoms with Crippen molar-refractivity contribution in [3.05, 3.63) is 29.7 Å². The van der Waals surface area contributed by atoms with Crippen molar-refractivity contribution in [1.29, 1.82) is 0 Å². The van der Waals surface area contributed by atoms with Crippen molar-refractivity contribution in [2.75, 3.05) is 20.1 Å². The SMILES string of the molecule is Cc1ccc2oc(C(=O)N3CCC[C@@H]3[C@H]3CCCN3C)cc2n1. The van der Waals surface area contributed by atoms with Gasteiger partial charge in [-0.1, -0.05) is 0 Å². The van der Waals surface area contributed by atoms with Crippen LogP contribution in [0.3, 0.4) is 0 Å². The monoisotopic (exact) mass is 313 g/mol. The minimum absolute atomic E-state index is 0.0171. The predicted molar refractivity (Wildman–Crippen MR) is 88.5 cm³/mol. The Morgan fingerprint density at radius 3 is 2.78 bits per heavy atom. The zero-order valence-electron chi connectivity index (χ0n) is 13.8. The Balaban J connectivity index is 1.61. The second-order valence-electron chi connectivity index (χ2n) is 6.84. The predicted octanol–water partition coefficient (Wildman–Crippen LogP) is 2.84. The molecule has 5 nitrogen and oxygen atoms in total. The number of furan rings is 1. The van der Waals surface area contributed by atoms with Crippen LogP contribution < -0.4 is 0 Å². The molecule has 4 heterocycles. The van der Waals surface area contributed by atoms with Gasteiger partial charge in [-0.2, -0.15) is 0 Å². The number of fused-ring (bicyclic) bond motifs is 1. The van der Waals surface area contributed by atoms with Crippen LogP contribution in [0, 0.1) is 6.92 Å². The third-order valence-electron chi connectivity index (χ3n) is 5.30. The first kappa shape index (κ1) is 14.7. The summed E-state index contributed by atoms with van der Waals surface area (Å²) in [6, 6.07) is 6.40. The van der Waals surface area contributed by atoms with Crippen molar-refractivity contribution in [2.24, 2.45) is 0 Å². The minimum atomic E-state index is 0.0171. The molecule has 5 heteroatoms. The molecule has 4 rings (SSSR count). The van der Waals surface area contributed by atoms with Gasteiger partial charge in [-0.3, -0.25) is 4.79 Å². The second kappa shape index (κ2) is 5.64. The molecule has 122 valence electrons. The fourth-order valence-electron chi connectivity index (χ4n) is 4.14. The normalized spacial score (nSPS) is 25.6. The maximum Gasteiger partial charge on any atom is 0.289 e. The van der Waals surface area contributed by atoms with E-state index in [9.17, 15) is 4.79 Å². The maximum absolute atomic E-state index is 13.0. The van der Waals surface area contributed by atoms with Gasteiger partial charge in [0.1, 0.15) is 5.52 Å². The summed E-state index contributed by atoms with van der Waals surface area (Å²) in [5.41, 5.74) is 2.39. The molecule has 23 heavy (non-hydrogen) atoms. The standard InChI is InChI=1S/C18H23N3O2/c1-12-7-8-16-13(19-12)11-17(23-16)18(22)21-10-4-6-15(21)14-5-3-9-20(14)2/h7-8,11,14-15H,3-6,9-10H2,1-2H3/t14-,15-/m1/s1. The minimum Gasteiger partial charge on any atom is -0.449 e. The highest BCUT2D eigenvalue weighted by Gasteiger charge is 2.39. The summed E-state index contributed by atoms with van der Waals surface area (Å²) >= 11 is 0. The van der Waals surface area contributed by atoms with E-state index in [4.69, 9.17) is 4.42 Å². The van der Waals surface area contributed by atoms with Crippen molar-refractivity contribution in [3.8, 4) is 0 Å². The molecule has 0 spiro atoms. The van der Waals surface area contributed by atoms with Crippen molar-refractivity contribution in [2.45, 2.75) is 44.7 Å². The summed E-state index contributed by atoms with van der Waals surface area (Å²) in [5.74, 6) is 0.439. The lowest BCUT2D eigenvalue weighted by Crippen LogP contribution is -2.47. The molecule has 0 bridgehead atoms. The van der Waals surface area contributed by atoms with Gasteiger partial charge < -0.3 is 14.2 Å². The lowest BCUT2D eigenvalue weighted by Gasteiger charge is -2.32. The molecule has 2 saturated heterocycles.